The van der Waals surface area contributed by atoms with Gasteiger partial charge in [-0.15, -0.1) is 0 Å². The van der Waals surface area contributed by atoms with E-state index in [4.69, 9.17) is 5.11 Å². The Bertz CT molecular complexity index is 479. The molecule has 1 unspecified atom stereocenters. The molecule has 0 spiro atoms. The highest BCUT2D eigenvalue weighted by Gasteiger charge is 2.11. The third-order valence-electron chi connectivity index (χ3n) is 2.72. The average molecular weight is 263 g/mol. The summed E-state index contributed by atoms with van der Waals surface area (Å²) in [5, 5.41) is 11.3. The number of nitrogens with one attached hydrogen (secondary N) is 1. The molecule has 0 saturated carbocycles. The quantitative estimate of drug-likeness (QED) is 0.767. The molecule has 0 aliphatic carbocycles. The number of aliphatic carboxylic acids is 1. The van der Waals surface area contributed by atoms with E-state index in [-0.39, 0.29) is 24.2 Å². The predicted molar refractivity (Wildman–Crippen MR) is 70.2 cm³/mol. The fourth-order valence-electron chi connectivity index (χ4n) is 1.58. The van der Waals surface area contributed by atoms with E-state index in [1.165, 1.54) is 6.92 Å². The van der Waals surface area contributed by atoms with Crippen LogP contribution < -0.4 is 5.32 Å². The van der Waals surface area contributed by atoms with Gasteiger partial charge in [-0.2, -0.15) is 0 Å². The van der Waals surface area contributed by atoms with E-state index in [1.54, 1.807) is 31.2 Å². The second-order valence-corrected chi connectivity index (χ2v) is 4.44. The molecule has 1 atom stereocenters. The van der Waals surface area contributed by atoms with Crippen LogP contribution in [0.25, 0.3) is 0 Å². The molecule has 0 radical (unpaired) electrons. The van der Waals surface area contributed by atoms with Crippen molar-refractivity contribution in [2.75, 3.05) is 0 Å². The zero-order valence-electron chi connectivity index (χ0n) is 11.0. The zero-order valence-corrected chi connectivity index (χ0v) is 11.0. The minimum absolute atomic E-state index is 0.0186. The summed E-state index contributed by atoms with van der Waals surface area (Å²) in [5.74, 6) is -1.21. The molecule has 0 heterocycles. The normalized spacial score (nSPS) is 11.7. The number of hydrogen-bond donors (Lipinski definition) is 2. The van der Waals surface area contributed by atoms with Crippen LogP contribution in [0.4, 0.5) is 0 Å². The van der Waals surface area contributed by atoms with Crippen LogP contribution in [0.5, 0.6) is 0 Å². The largest absolute Gasteiger partial charge is 0.481 e. The summed E-state index contributed by atoms with van der Waals surface area (Å²) in [6, 6.07) is 6.14. The van der Waals surface area contributed by atoms with Gasteiger partial charge in [-0.3, -0.25) is 14.4 Å². The number of carbonyl (C=O) groups is 3. The van der Waals surface area contributed by atoms with E-state index < -0.39 is 5.97 Å². The molecule has 1 aromatic carbocycles. The van der Waals surface area contributed by atoms with E-state index in [1.807, 2.05) is 0 Å². The molecule has 1 rings (SSSR count). The van der Waals surface area contributed by atoms with E-state index >= 15 is 0 Å². The standard InChI is InChI=1S/C14H17NO4/c1-9(3-8-13(17)18)15-14(19)12-6-4-11(5-7-12)10(2)16/h4-7,9H,3,8H2,1-2H3,(H,15,19)(H,17,18). The number of carbonyl (C=O) groups excluding carboxylic acids is 2. The van der Waals surface area contributed by atoms with E-state index in [9.17, 15) is 14.4 Å². The maximum atomic E-state index is 11.8. The van der Waals surface area contributed by atoms with Gasteiger partial charge in [0.2, 0.25) is 0 Å². The minimum Gasteiger partial charge on any atom is -0.481 e. The lowest BCUT2D eigenvalue weighted by atomic mass is 10.1. The van der Waals surface area contributed by atoms with Crippen LogP contribution in [0.15, 0.2) is 24.3 Å². The molecule has 0 fully saturated rings. The van der Waals surface area contributed by atoms with Crippen molar-refractivity contribution in [3.8, 4) is 0 Å². The first kappa shape index (κ1) is 14.9. The summed E-state index contributed by atoms with van der Waals surface area (Å²) in [6.07, 6.45) is 0.400. The number of Topliss-reactive ketones (excluding diaryl/α,β-unsaturated/α-hetero) is 1. The highest BCUT2D eigenvalue weighted by atomic mass is 16.4. The summed E-state index contributed by atoms with van der Waals surface area (Å²) < 4.78 is 0. The number of benzene rings is 1. The molecule has 102 valence electrons. The van der Waals surface area contributed by atoms with Gasteiger partial charge in [-0.25, -0.2) is 0 Å². The Balaban J connectivity index is 2.58. The smallest absolute Gasteiger partial charge is 0.303 e. The first-order valence-corrected chi connectivity index (χ1v) is 6.04. The van der Waals surface area contributed by atoms with Crippen molar-refractivity contribution in [1.29, 1.82) is 0 Å². The highest BCUT2D eigenvalue weighted by Crippen LogP contribution is 2.06. The molecule has 1 amide bonds. The molecule has 19 heavy (non-hydrogen) atoms. The molecule has 0 bridgehead atoms. The zero-order chi connectivity index (χ0) is 14.4. The monoisotopic (exact) mass is 263 g/mol. The van der Waals surface area contributed by atoms with Crippen LogP contribution in [0.1, 0.15) is 47.4 Å². The molecule has 5 nitrogen and oxygen atoms in total. The van der Waals surface area contributed by atoms with Crippen LogP contribution >= 0.6 is 0 Å². The van der Waals surface area contributed by atoms with Crippen molar-refractivity contribution < 1.29 is 19.5 Å². The SMILES string of the molecule is CC(=O)c1ccc(C(=O)NC(C)CCC(=O)O)cc1. The minimum atomic E-state index is -0.882. The fourth-order valence-corrected chi connectivity index (χ4v) is 1.58. The van der Waals surface area contributed by atoms with E-state index in [0.29, 0.717) is 17.5 Å². The Morgan fingerprint density at radius 3 is 2.16 bits per heavy atom. The van der Waals surface area contributed by atoms with Crippen LogP contribution in [0.2, 0.25) is 0 Å². The van der Waals surface area contributed by atoms with E-state index in [2.05, 4.69) is 5.32 Å². The van der Waals surface area contributed by atoms with Gasteiger partial charge in [-0.1, -0.05) is 12.1 Å². The lowest BCUT2D eigenvalue weighted by Gasteiger charge is -2.12. The molecule has 5 heteroatoms. The van der Waals surface area contributed by atoms with Gasteiger partial charge >= 0.3 is 5.97 Å². The van der Waals surface area contributed by atoms with Gasteiger partial charge in [0.1, 0.15) is 0 Å². The first-order valence-electron chi connectivity index (χ1n) is 6.04. The summed E-state index contributed by atoms with van der Waals surface area (Å²) in [6.45, 7) is 3.22. The molecule has 0 aromatic heterocycles. The first-order chi connectivity index (χ1) is 8.90. The van der Waals surface area contributed by atoms with Crippen molar-refractivity contribution in [2.24, 2.45) is 0 Å². The molecular formula is C14H17NO4. The highest BCUT2D eigenvalue weighted by molar-refractivity contribution is 5.97. The Labute approximate surface area is 111 Å². The lowest BCUT2D eigenvalue weighted by molar-refractivity contribution is -0.137. The summed E-state index contributed by atoms with van der Waals surface area (Å²) in [5.41, 5.74) is 1.00. The van der Waals surface area contributed by atoms with Gasteiger partial charge in [0, 0.05) is 23.6 Å². The van der Waals surface area contributed by atoms with Crippen molar-refractivity contribution in [1.82, 2.24) is 5.32 Å². The van der Waals surface area contributed by atoms with Crippen molar-refractivity contribution in [2.45, 2.75) is 32.7 Å². The Morgan fingerprint density at radius 2 is 1.68 bits per heavy atom. The molecule has 0 saturated heterocycles. The number of carboxylic acids is 1. The van der Waals surface area contributed by atoms with Crippen LogP contribution in [-0.2, 0) is 4.79 Å². The van der Waals surface area contributed by atoms with Gasteiger partial charge < -0.3 is 10.4 Å². The third kappa shape index (κ3) is 4.91. The van der Waals surface area contributed by atoms with Gasteiger partial charge in [0.05, 0.1) is 0 Å². The molecule has 1 aromatic rings. The summed E-state index contributed by atoms with van der Waals surface area (Å²) in [7, 11) is 0. The van der Waals surface area contributed by atoms with Crippen LogP contribution in [0.3, 0.4) is 0 Å². The van der Waals surface area contributed by atoms with Crippen LogP contribution in [-0.4, -0.2) is 28.8 Å². The third-order valence-corrected chi connectivity index (χ3v) is 2.72. The number of amides is 1. The topological polar surface area (TPSA) is 83.5 Å². The van der Waals surface area contributed by atoms with E-state index in [0.717, 1.165) is 0 Å². The number of ketones is 1. The number of carboxylic acid groups (broad SMARTS) is 1. The van der Waals surface area contributed by atoms with Crippen LogP contribution in [0, 0.1) is 0 Å². The maximum absolute atomic E-state index is 11.8. The molecule has 0 aliphatic rings. The second-order valence-electron chi connectivity index (χ2n) is 4.44. The lowest BCUT2D eigenvalue weighted by Crippen LogP contribution is -2.32. The fraction of sp³-hybridized carbons (Fsp3) is 0.357. The Morgan fingerprint density at radius 1 is 1.16 bits per heavy atom. The van der Waals surface area contributed by atoms with Crippen molar-refractivity contribution >= 4 is 17.7 Å². The number of rotatable bonds is 6. The molecular weight excluding hydrogens is 246 g/mol. The second kappa shape index (κ2) is 6.68. The summed E-state index contributed by atoms with van der Waals surface area (Å²) >= 11 is 0. The summed E-state index contributed by atoms with van der Waals surface area (Å²) in [4.78, 5) is 33.4. The van der Waals surface area contributed by atoms with Gasteiger partial charge in [-0.05, 0) is 32.4 Å². The average Bonchev–Trinajstić information content (AvgIpc) is 2.36. The predicted octanol–water partition coefficient (Wildman–Crippen LogP) is 1.87. The number of hydrogen-bond acceptors (Lipinski definition) is 3. The van der Waals surface area contributed by atoms with Crippen molar-refractivity contribution in [3.05, 3.63) is 35.4 Å². The Kier molecular flexibility index (Phi) is 5.23. The van der Waals surface area contributed by atoms with Gasteiger partial charge in [0.15, 0.2) is 5.78 Å². The maximum Gasteiger partial charge on any atom is 0.303 e. The van der Waals surface area contributed by atoms with Gasteiger partial charge in [0.25, 0.3) is 5.91 Å². The molecule has 2 N–H and O–H groups in total. The van der Waals surface area contributed by atoms with Crippen molar-refractivity contribution in [3.63, 3.8) is 0 Å². The Hall–Kier alpha value is -2.17. The molecule has 0 aliphatic heterocycles.